The molecule has 0 aliphatic heterocycles. The van der Waals surface area contributed by atoms with Gasteiger partial charge in [-0.1, -0.05) is 35.8 Å². The van der Waals surface area contributed by atoms with Crippen molar-refractivity contribution in [1.82, 2.24) is 0 Å². The van der Waals surface area contributed by atoms with Crippen LogP contribution in [-0.4, -0.2) is 31.0 Å². The number of benzene rings is 1. The molecule has 21 heavy (non-hydrogen) atoms. The third kappa shape index (κ3) is 4.51. The fourth-order valence-electron chi connectivity index (χ4n) is 2.35. The van der Waals surface area contributed by atoms with Crippen LogP contribution in [0.3, 0.4) is 0 Å². The standard InChI is InChI=1S/C16H23BrFNO2/c1-4-12-7-8-14(18)13(5-2)16(12)19(15(20)11-17)9-10-21-6-3/h7-8H,4-6,9-11H2,1-3H3. The molecular weight excluding hydrogens is 337 g/mol. The van der Waals surface area contributed by atoms with Gasteiger partial charge in [-0.25, -0.2) is 4.39 Å². The Labute approximate surface area is 134 Å². The van der Waals surface area contributed by atoms with E-state index in [0.29, 0.717) is 37.4 Å². The van der Waals surface area contributed by atoms with Gasteiger partial charge < -0.3 is 9.64 Å². The van der Waals surface area contributed by atoms with Crippen LogP contribution in [-0.2, 0) is 22.4 Å². The second kappa shape index (κ2) is 9.15. The van der Waals surface area contributed by atoms with Gasteiger partial charge in [0, 0.05) is 18.7 Å². The van der Waals surface area contributed by atoms with Gasteiger partial charge in [-0.05, 0) is 31.4 Å². The number of rotatable bonds is 8. The smallest absolute Gasteiger partial charge is 0.237 e. The fraction of sp³-hybridized carbons (Fsp3) is 0.562. The third-order valence-electron chi connectivity index (χ3n) is 3.39. The molecule has 0 fully saturated rings. The fourth-order valence-corrected chi connectivity index (χ4v) is 2.65. The molecule has 0 heterocycles. The normalized spacial score (nSPS) is 10.7. The first-order valence-corrected chi connectivity index (χ1v) is 8.47. The number of carbonyl (C=O) groups excluding carboxylic acids is 1. The molecule has 1 rings (SSSR count). The van der Waals surface area contributed by atoms with E-state index in [1.807, 2.05) is 20.8 Å². The summed E-state index contributed by atoms with van der Waals surface area (Å²) in [5.74, 6) is -0.335. The van der Waals surface area contributed by atoms with Crippen molar-refractivity contribution in [3.8, 4) is 0 Å². The Bertz CT molecular complexity index is 480. The number of carbonyl (C=O) groups is 1. The van der Waals surface area contributed by atoms with Gasteiger partial charge in [0.25, 0.3) is 0 Å². The van der Waals surface area contributed by atoms with E-state index in [4.69, 9.17) is 4.74 Å². The van der Waals surface area contributed by atoms with E-state index in [1.165, 1.54) is 6.07 Å². The average molecular weight is 360 g/mol. The molecule has 1 aromatic carbocycles. The van der Waals surface area contributed by atoms with E-state index < -0.39 is 0 Å². The first-order valence-electron chi connectivity index (χ1n) is 7.34. The van der Waals surface area contributed by atoms with Crippen molar-refractivity contribution >= 4 is 27.5 Å². The minimum atomic E-state index is -0.256. The lowest BCUT2D eigenvalue weighted by atomic mass is 10.0. The molecule has 1 amide bonds. The molecule has 0 aromatic heterocycles. The summed E-state index contributed by atoms with van der Waals surface area (Å²) in [5, 5.41) is 0.210. The van der Waals surface area contributed by atoms with Crippen molar-refractivity contribution in [2.75, 3.05) is 30.0 Å². The Morgan fingerprint density at radius 2 is 2.00 bits per heavy atom. The van der Waals surface area contributed by atoms with Crippen LogP contribution in [0.1, 0.15) is 31.9 Å². The van der Waals surface area contributed by atoms with Crippen molar-refractivity contribution in [2.24, 2.45) is 0 Å². The van der Waals surface area contributed by atoms with E-state index in [9.17, 15) is 9.18 Å². The molecule has 0 saturated carbocycles. The second-order valence-electron chi connectivity index (χ2n) is 4.62. The molecule has 0 bridgehead atoms. The Kier molecular flexibility index (Phi) is 7.89. The number of halogens is 2. The third-order valence-corrected chi connectivity index (χ3v) is 3.87. The summed E-state index contributed by atoms with van der Waals surface area (Å²) >= 11 is 3.21. The zero-order valence-corrected chi connectivity index (χ0v) is 14.5. The van der Waals surface area contributed by atoms with Crippen LogP contribution < -0.4 is 4.90 Å². The van der Waals surface area contributed by atoms with Gasteiger partial charge in [-0.15, -0.1) is 0 Å². The molecule has 0 N–H and O–H groups in total. The van der Waals surface area contributed by atoms with Crippen LogP contribution >= 0.6 is 15.9 Å². The van der Waals surface area contributed by atoms with Gasteiger partial charge >= 0.3 is 0 Å². The van der Waals surface area contributed by atoms with Gasteiger partial charge in [0.05, 0.1) is 17.6 Å². The molecular formula is C16H23BrFNO2. The molecule has 0 aliphatic carbocycles. The predicted octanol–water partition coefficient (Wildman–Crippen LogP) is 3.71. The molecule has 0 spiro atoms. The van der Waals surface area contributed by atoms with Crippen molar-refractivity contribution < 1.29 is 13.9 Å². The van der Waals surface area contributed by atoms with Gasteiger partial charge in [-0.2, -0.15) is 0 Å². The van der Waals surface area contributed by atoms with E-state index in [1.54, 1.807) is 11.0 Å². The Morgan fingerprint density at radius 1 is 1.29 bits per heavy atom. The maximum absolute atomic E-state index is 14.1. The molecule has 3 nitrogen and oxygen atoms in total. The lowest BCUT2D eigenvalue weighted by Gasteiger charge is -2.27. The molecule has 0 atom stereocenters. The first kappa shape index (κ1) is 18.1. The van der Waals surface area contributed by atoms with Crippen molar-refractivity contribution in [2.45, 2.75) is 33.6 Å². The molecule has 118 valence electrons. The highest BCUT2D eigenvalue weighted by molar-refractivity contribution is 9.09. The van der Waals surface area contributed by atoms with Crippen LogP contribution in [0.2, 0.25) is 0 Å². The molecule has 0 aliphatic rings. The zero-order valence-electron chi connectivity index (χ0n) is 12.9. The minimum absolute atomic E-state index is 0.0790. The van der Waals surface area contributed by atoms with Crippen LogP contribution in [0, 0.1) is 5.82 Å². The number of aryl methyl sites for hydroxylation is 1. The number of alkyl halides is 1. The van der Waals surface area contributed by atoms with E-state index in [2.05, 4.69) is 15.9 Å². The number of ether oxygens (including phenoxy) is 1. The van der Waals surface area contributed by atoms with Crippen molar-refractivity contribution in [3.63, 3.8) is 0 Å². The average Bonchev–Trinajstić information content (AvgIpc) is 2.50. The topological polar surface area (TPSA) is 29.5 Å². The zero-order chi connectivity index (χ0) is 15.8. The summed E-state index contributed by atoms with van der Waals surface area (Å²) in [6.45, 7) is 7.30. The monoisotopic (exact) mass is 359 g/mol. The van der Waals surface area contributed by atoms with Gasteiger partial charge in [0.1, 0.15) is 5.82 Å². The quantitative estimate of drug-likeness (QED) is 0.522. The Balaban J connectivity index is 3.27. The Hall–Kier alpha value is -0.940. The SMILES string of the molecule is CCOCCN(C(=O)CBr)c1c(CC)ccc(F)c1CC. The summed E-state index contributed by atoms with van der Waals surface area (Å²) in [5.41, 5.74) is 2.29. The summed E-state index contributed by atoms with van der Waals surface area (Å²) in [6.07, 6.45) is 1.30. The highest BCUT2D eigenvalue weighted by atomic mass is 79.9. The number of nitrogens with zero attached hydrogens (tertiary/aromatic N) is 1. The largest absolute Gasteiger partial charge is 0.380 e. The van der Waals surface area contributed by atoms with Crippen molar-refractivity contribution in [3.05, 3.63) is 29.1 Å². The minimum Gasteiger partial charge on any atom is -0.380 e. The number of amides is 1. The van der Waals surface area contributed by atoms with Gasteiger partial charge in [0.2, 0.25) is 5.91 Å². The highest BCUT2D eigenvalue weighted by Crippen LogP contribution is 2.29. The maximum atomic E-state index is 14.1. The molecule has 0 unspecified atom stereocenters. The maximum Gasteiger partial charge on any atom is 0.237 e. The molecule has 0 radical (unpaired) electrons. The molecule has 1 aromatic rings. The lowest BCUT2D eigenvalue weighted by Crippen LogP contribution is -2.36. The van der Waals surface area contributed by atoms with Crippen LogP contribution in [0.5, 0.6) is 0 Å². The molecule has 5 heteroatoms. The summed E-state index contributed by atoms with van der Waals surface area (Å²) in [4.78, 5) is 13.9. The first-order chi connectivity index (χ1) is 10.1. The van der Waals surface area contributed by atoms with Gasteiger partial charge in [-0.3, -0.25) is 4.79 Å². The van der Waals surface area contributed by atoms with E-state index >= 15 is 0 Å². The van der Waals surface area contributed by atoms with Gasteiger partial charge in [0.15, 0.2) is 0 Å². The second-order valence-corrected chi connectivity index (χ2v) is 5.18. The summed E-state index contributed by atoms with van der Waals surface area (Å²) in [6, 6.07) is 3.25. The van der Waals surface area contributed by atoms with E-state index in [-0.39, 0.29) is 17.1 Å². The van der Waals surface area contributed by atoms with Crippen LogP contribution in [0.15, 0.2) is 12.1 Å². The predicted molar refractivity (Wildman–Crippen MR) is 87.8 cm³/mol. The Morgan fingerprint density at radius 3 is 2.52 bits per heavy atom. The van der Waals surface area contributed by atoms with Crippen molar-refractivity contribution in [1.29, 1.82) is 0 Å². The number of hydrogen-bond acceptors (Lipinski definition) is 2. The van der Waals surface area contributed by atoms with E-state index in [0.717, 1.165) is 12.0 Å². The van der Waals surface area contributed by atoms with Crippen LogP contribution in [0.4, 0.5) is 10.1 Å². The highest BCUT2D eigenvalue weighted by Gasteiger charge is 2.22. The number of hydrogen-bond donors (Lipinski definition) is 0. The summed E-state index contributed by atoms with van der Waals surface area (Å²) < 4.78 is 19.5. The number of anilines is 1. The van der Waals surface area contributed by atoms with Crippen LogP contribution in [0.25, 0.3) is 0 Å². The summed E-state index contributed by atoms with van der Waals surface area (Å²) in [7, 11) is 0. The lowest BCUT2D eigenvalue weighted by molar-refractivity contribution is -0.116. The molecule has 0 saturated heterocycles.